The van der Waals surface area contributed by atoms with Crippen molar-refractivity contribution < 1.29 is 13.7 Å². The number of halogens is 2. The van der Waals surface area contributed by atoms with Crippen LogP contribution in [0.15, 0.2) is 47.0 Å². The first kappa shape index (κ1) is 15.2. The Hall–Kier alpha value is -2.73. The lowest BCUT2D eigenvalue weighted by molar-refractivity contribution is 0.102. The summed E-state index contributed by atoms with van der Waals surface area (Å²) in [6.07, 6.45) is 0. The van der Waals surface area contributed by atoms with Crippen molar-refractivity contribution in [3.05, 3.63) is 64.7 Å². The Morgan fingerprint density at radius 1 is 1.22 bits per heavy atom. The van der Waals surface area contributed by atoms with Gasteiger partial charge in [0.1, 0.15) is 0 Å². The van der Waals surface area contributed by atoms with E-state index in [1.807, 2.05) is 0 Å². The Balaban J connectivity index is 1.79. The van der Waals surface area contributed by atoms with Crippen LogP contribution in [-0.2, 0) is 0 Å². The minimum atomic E-state index is -0.666. The summed E-state index contributed by atoms with van der Waals surface area (Å²) in [4.78, 5) is 16.3. The second-order valence-corrected chi connectivity index (χ2v) is 5.19. The lowest BCUT2D eigenvalue weighted by Gasteiger charge is -2.07. The molecule has 0 fully saturated rings. The van der Waals surface area contributed by atoms with Gasteiger partial charge in [0.15, 0.2) is 11.6 Å². The Labute approximate surface area is 136 Å². The number of amides is 1. The highest BCUT2D eigenvalue weighted by Gasteiger charge is 2.12. The molecular weight excluding hydrogens is 321 g/mol. The topological polar surface area (TPSA) is 68.0 Å². The molecule has 0 spiro atoms. The van der Waals surface area contributed by atoms with Crippen molar-refractivity contribution in [1.82, 2.24) is 10.1 Å². The zero-order valence-corrected chi connectivity index (χ0v) is 12.8. The molecule has 0 atom stereocenters. The van der Waals surface area contributed by atoms with Crippen molar-refractivity contribution in [2.75, 3.05) is 5.32 Å². The van der Waals surface area contributed by atoms with Gasteiger partial charge in [0.25, 0.3) is 11.8 Å². The van der Waals surface area contributed by atoms with E-state index >= 15 is 0 Å². The fourth-order valence-corrected chi connectivity index (χ4v) is 2.15. The van der Waals surface area contributed by atoms with E-state index in [-0.39, 0.29) is 10.7 Å². The first-order chi connectivity index (χ1) is 11.0. The van der Waals surface area contributed by atoms with Crippen molar-refractivity contribution >= 4 is 23.2 Å². The Bertz CT molecular complexity index is 862. The molecule has 1 heterocycles. The summed E-state index contributed by atoms with van der Waals surface area (Å²) in [5.41, 5.74) is 1.08. The number of benzene rings is 2. The molecule has 23 heavy (non-hydrogen) atoms. The predicted molar refractivity (Wildman–Crippen MR) is 83.8 cm³/mol. The zero-order valence-electron chi connectivity index (χ0n) is 12.0. The molecule has 7 heteroatoms. The van der Waals surface area contributed by atoms with E-state index in [0.717, 1.165) is 0 Å². The molecule has 0 aliphatic carbocycles. The van der Waals surface area contributed by atoms with Crippen LogP contribution in [0.3, 0.4) is 0 Å². The second kappa shape index (κ2) is 6.18. The van der Waals surface area contributed by atoms with Crippen molar-refractivity contribution in [2.24, 2.45) is 0 Å². The van der Waals surface area contributed by atoms with Gasteiger partial charge in [0.05, 0.1) is 10.7 Å². The smallest absolute Gasteiger partial charge is 0.257 e. The van der Waals surface area contributed by atoms with Gasteiger partial charge in [-0.1, -0.05) is 22.8 Å². The van der Waals surface area contributed by atoms with Crippen LogP contribution in [0.1, 0.15) is 16.2 Å². The van der Waals surface area contributed by atoms with E-state index in [1.54, 1.807) is 37.3 Å². The van der Waals surface area contributed by atoms with Gasteiger partial charge in [-0.05, 0) is 43.3 Å². The molecule has 0 aliphatic rings. The molecule has 116 valence electrons. The molecule has 0 saturated carbocycles. The van der Waals surface area contributed by atoms with Crippen LogP contribution in [0.2, 0.25) is 5.02 Å². The van der Waals surface area contributed by atoms with Gasteiger partial charge in [-0.3, -0.25) is 4.79 Å². The zero-order chi connectivity index (χ0) is 16.4. The molecule has 1 N–H and O–H groups in total. The average molecular weight is 332 g/mol. The van der Waals surface area contributed by atoms with Crippen molar-refractivity contribution in [3.63, 3.8) is 0 Å². The van der Waals surface area contributed by atoms with Gasteiger partial charge in [-0.25, -0.2) is 4.39 Å². The number of anilines is 1. The van der Waals surface area contributed by atoms with E-state index in [0.29, 0.717) is 22.8 Å². The van der Waals surface area contributed by atoms with Gasteiger partial charge in [0.2, 0.25) is 0 Å². The van der Waals surface area contributed by atoms with E-state index < -0.39 is 11.7 Å². The first-order valence-corrected chi connectivity index (χ1v) is 7.08. The number of carbonyl (C=O) groups is 1. The normalized spacial score (nSPS) is 10.6. The van der Waals surface area contributed by atoms with Crippen LogP contribution >= 0.6 is 11.6 Å². The number of nitrogens with zero attached hydrogens (tertiary/aromatic N) is 2. The lowest BCUT2D eigenvalue weighted by Crippen LogP contribution is -2.13. The number of aryl methyl sites for hydroxylation is 1. The molecule has 0 radical (unpaired) electrons. The molecule has 1 aromatic heterocycles. The lowest BCUT2D eigenvalue weighted by atomic mass is 10.1. The van der Waals surface area contributed by atoms with Crippen LogP contribution < -0.4 is 5.32 Å². The maximum Gasteiger partial charge on any atom is 0.257 e. The van der Waals surface area contributed by atoms with Crippen LogP contribution in [0.4, 0.5) is 10.1 Å². The highest BCUT2D eigenvalue weighted by Crippen LogP contribution is 2.23. The fourth-order valence-electron chi connectivity index (χ4n) is 1.97. The summed E-state index contributed by atoms with van der Waals surface area (Å²) in [5.74, 6) is -0.214. The molecule has 0 bridgehead atoms. The fraction of sp³-hybridized carbons (Fsp3) is 0.0625. The van der Waals surface area contributed by atoms with Crippen LogP contribution in [0, 0.1) is 12.7 Å². The summed E-state index contributed by atoms with van der Waals surface area (Å²) in [5, 5.41) is 6.13. The minimum Gasteiger partial charge on any atom is -0.334 e. The molecule has 3 aromatic rings. The van der Waals surface area contributed by atoms with E-state index in [4.69, 9.17) is 16.1 Å². The summed E-state index contributed by atoms with van der Waals surface area (Å²) in [7, 11) is 0. The maximum absolute atomic E-state index is 13.8. The minimum absolute atomic E-state index is 0.0269. The molecule has 0 unspecified atom stereocenters. The van der Waals surface area contributed by atoms with Crippen LogP contribution in [0.25, 0.3) is 11.5 Å². The van der Waals surface area contributed by atoms with Gasteiger partial charge in [-0.15, -0.1) is 0 Å². The highest BCUT2D eigenvalue weighted by atomic mass is 35.5. The number of hydrogen-bond acceptors (Lipinski definition) is 4. The van der Waals surface area contributed by atoms with Gasteiger partial charge in [0, 0.05) is 11.1 Å². The molecule has 0 saturated heterocycles. The molecule has 1 amide bonds. The van der Waals surface area contributed by atoms with Crippen LogP contribution in [-0.4, -0.2) is 16.0 Å². The van der Waals surface area contributed by atoms with E-state index in [2.05, 4.69) is 15.5 Å². The van der Waals surface area contributed by atoms with Crippen molar-refractivity contribution in [3.8, 4) is 11.5 Å². The third kappa shape index (κ3) is 3.22. The molecule has 5 nitrogen and oxygen atoms in total. The van der Waals surface area contributed by atoms with Crippen molar-refractivity contribution in [2.45, 2.75) is 6.92 Å². The summed E-state index contributed by atoms with van der Waals surface area (Å²) in [6.45, 7) is 1.72. The SMILES string of the molecule is Cc1noc(-c2ccc(C(=O)Nc3cccc(Cl)c3F)cc2)n1. The maximum atomic E-state index is 13.8. The summed E-state index contributed by atoms with van der Waals surface area (Å²) >= 11 is 5.68. The predicted octanol–water partition coefficient (Wildman–Crippen LogP) is 4.09. The van der Waals surface area contributed by atoms with Gasteiger partial charge in [-0.2, -0.15) is 4.98 Å². The molecule has 3 rings (SSSR count). The average Bonchev–Trinajstić information content (AvgIpc) is 2.98. The monoisotopic (exact) mass is 331 g/mol. The number of carbonyl (C=O) groups excluding carboxylic acids is 1. The largest absolute Gasteiger partial charge is 0.334 e. The van der Waals surface area contributed by atoms with Gasteiger partial charge < -0.3 is 9.84 Å². The third-order valence-corrected chi connectivity index (χ3v) is 3.41. The summed E-state index contributed by atoms with van der Waals surface area (Å²) in [6, 6.07) is 10.9. The first-order valence-electron chi connectivity index (χ1n) is 6.70. The quantitative estimate of drug-likeness (QED) is 0.785. The molecular formula is C16H11ClFN3O2. The molecule has 0 aliphatic heterocycles. The summed E-state index contributed by atoms with van der Waals surface area (Å²) < 4.78 is 18.8. The van der Waals surface area contributed by atoms with E-state index in [9.17, 15) is 9.18 Å². The Morgan fingerprint density at radius 2 is 1.96 bits per heavy atom. The Kier molecular flexibility index (Phi) is 4.08. The third-order valence-electron chi connectivity index (χ3n) is 3.12. The second-order valence-electron chi connectivity index (χ2n) is 4.78. The standard InChI is InChI=1S/C16H11ClFN3O2/c1-9-19-16(23-21-9)11-7-5-10(6-8-11)15(22)20-13-4-2-3-12(17)14(13)18/h2-8H,1H3,(H,20,22). The van der Waals surface area contributed by atoms with Gasteiger partial charge >= 0.3 is 0 Å². The highest BCUT2D eigenvalue weighted by molar-refractivity contribution is 6.31. The van der Waals surface area contributed by atoms with E-state index in [1.165, 1.54) is 12.1 Å². The number of aromatic nitrogens is 2. The number of rotatable bonds is 3. The molecule has 2 aromatic carbocycles. The Morgan fingerprint density at radius 3 is 2.61 bits per heavy atom. The number of nitrogens with one attached hydrogen (secondary N) is 1. The number of hydrogen-bond donors (Lipinski definition) is 1. The van der Waals surface area contributed by atoms with Crippen molar-refractivity contribution in [1.29, 1.82) is 0 Å². The van der Waals surface area contributed by atoms with Crippen LogP contribution in [0.5, 0.6) is 0 Å².